The lowest BCUT2D eigenvalue weighted by Crippen LogP contribution is -2.01. The van der Waals surface area contributed by atoms with Crippen LogP contribution in [0.1, 0.15) is 39.0 Å². The van der Waals surface area contributed by atoms with E-state index in [4.69, 9.17) is 9.52 Å². The first kappa shape index (κ1) is 16.9. The molecule has 132 valence electrons. The molecule has 0 bridgehead atoms. The van der Waals surface area contributed by atoms with Crippen molar-refractivity contribution in [2.45, 2.75) is 30.8 Å². The standard InChI is InChI=1S/C21H18O4S/c22-20-10-17(12-26-11-13-3-1-6-16(7-13)21(23)24)18-8-14-4-2-5-15(14)9-19(18)25-20/h1,3,6-10H,2,4-5,11-12H2,(H,23,24). The van der Waals surface area contributed by atoms with Crippen LogP contribution in [0, 0.1) is 0 Å². The summed E-state index contributed by atoms with van der Waals surface area (Å²) in [5, 5.41) is 10.1. The van der Waals surface area contributed by atoms with Crippen molar-refractivity contribution in [2.24, 2.45) is 0 Å². The van der Waals surface area contributed by atoms with E-state index in [0.29, 0.717) is 22.7 Å². The van der Waals surface area contributed by atoms with Crippen molar-refractivity contribution >= 4 is 28.7 Å². The van der Waals surface area contributed by atoms with Crippen LogP contribution in [0.25, 0.3) is 11.0 Å². The molecular weight excluding hydrogens is 348 g/mol. The maximum Gasteiger partial charge on any atom is 0.336 e. The molecule has 2 aromatic carbocycles. The van der Waals surface area contributed by atoms with Gasteiger partial charge in [-0.1, -0.05) is 12.1 Å². The number of hydrogen-bond acceptors (Lipinski definition) is 4. The molecule has 1 heterocycles. The Morgan fingerprint density at radius 1 is 1.08 bits per heavy atom. The van der Waals surface area contributed by atoms with Crippen LogP contribution in [0.5, 0.6) is 0 Å². The number of hydrogen-bond donors (Lipinski definition) is 1. The van der Waals surface area contributed by atoms with E-state index in [1.807, 2.05) is 12.1 Å². The fourth-order valence-corrected chi connectivity index (χ4v) is 4.46. The van der Waals surface area contributed by atoms with Crippen molar-refractivity contribution in [1.82, 2.24) is 0 Å². The highest BCUT2D eigenvalue weighted by Crippen LogP contribution is 2.30. The van der Waals surface area contributed by atoms with E-state index in [1.54, 1.807) is 36.0 Å². The van der Waals surface area contributed by atoms with Gasteiger partial charge in [0.25, 0.3) is 0 Å². The van der Waals surface area contributed by atoms with E-state index < -0.39 is 5.97 Å². The Labute approximate surface area is 154 Å². The number of carboxylic acid groups (broad SMARTS) is 1. The van der Waals surface area contributed by atoms with Gasteiger partial charge in [0.1, 0.15) is 5.58 Å². The average molecular weight is 366 g/mol. The van der Waals surface area contributed by atoms with Crippen LogP contribution in [-0.4, -0.2) is 11.1 Å². The quantitative estimate of drug-likeness (QED) is 0.677. The van der Waals surface area contributed by atoms with Gasteiger partial charge in [0, 0.05) is 23.0 Å². The number of aromatic carboxylic acids is 1. The van der Waals surface area contributed by atoms with Crippen LogP contribution in [-0.2, 0) is 24.3 Å². The fourth-order valence-electron chi connectivity index (χ4n) is 3.49. The van der Waals surface area contributed by atoms with Gasteiger partial charge in [0.2, 0.25) is 0 Å². The normalized spacial score (nSPS) is 13.1. The topological polar surface area (TPSA) is 67.5 Å². The fraction of sp³-hybridized carbons (Fsp3) is 0.238. The molecule has 0 radical (unpaired) electrons. The van der Waals surface area contributed by atoms with Crippen molar-refractivity contribution < 1.29 is 14.3 Å². The lowest BCUT2D eigenvalue weighted by Gasteiger charge is -2.08. The van der Waals surface area contributed by atoms with E-state index in [2.05, 4.69) is 6.07 Å². The van der Waals surface area contributed by atoms with Gasteiger partial charge < -0.3 is 9.52 Å². The van der Waals surface area contributed by atoms with Gasteiger partial charge in [-0.2, -0.15) is 11.8 Å². The molecule has 5 heteroatoms. The van der Waals surface area contributed by atoms with E-state index in [9.17, 15) is 9.59 Å². The minimum atomic E-state index is -0.919. The summed E-state index contributed by atoms with van der Waals surface area (Å²) in [6.45, 7) is 0. The number of rotatable bonds is 5. The van der Waals surface area contributed by atoms with Crippen LogP contribution in [0.3, 0.4) is 0 Å². The molecule has 0 unspecified atom stereocenters. The smallest absolute Gasteiger partial charge is 0.336 e. The second kappa shape index (κ2) is 7.00. The Morgan fingerprint density at radius 3 is 2.69 bits per heavy atom. The second-order valence-electron chi connectivity index (χ2n) is 6.56. The van der Waals surface area contributed by atoms with Gasteiger partial charge in [0.05, 0.1) is 5.56 Å². The molecule has 0 saturated carbocycles. The Hall–Kier alpha value is -2.53. The van der Waals surface area contributed by atoms with Gasteiger partial charge in [-0.15, -0.1) is 0 Å². The van der Waals surface area contributed by atoms with Crippen LogP contribution in [0.4, 0.5) is 0 Å². The SMILES string of the molecule is O=C(O)c1cccc(CSCc2cc(=O)oc3cc4c(cc23)CCC4)c1. The van der Waals surface area contributed by atoms with Crippen LogP contribution >= 0.6 is 11.8 Å². The molecule has 0 amide bonds. The summed E-state index contributed by atoms with van der Waals surface area (Å²) in [6.07, 6.45) is 3.28. The monoisotopic (exact) mass is 366 g/mol. The zero-order valence-electron chi connectivity index (χ0n) is 14.2. The molecule has 4 rings (SSSR count). The summed E-state index contributed by atoms with van der Waals surface area (Å²) in [5.41, 5.74) is 5.22. The maximum atomic E-state index is 11.9. The molecule has 0 spiro atoms. The highest BCUT2D eigenvalue weighted by molar-refractivity contribution is 7.97. The average Bonchev–Trinajstić information content (AvgIpc) is 3.07. The zero-order valence-corrected chi connectivity index (χ0v) is 15.0. The number of carbonyl (C=O) groups is 1. The van der Waals surface area contributed by atoms with Gasteiger partial charge in [-0.05, 0) is 65.8 Å². The summed E-state index contributed by atoms with van der Waals surface area (Å²) in [7, 11) is 0. The molecule has 1 aromatic heterocycles. The first-order valence-corrected chi connectivity index (χ1v) is 9.74. The number of carboxylic acids is 1. The third-order valence-electron chi connectivity index (χ3n) is 4.74. The van der Waals surface area contributed by atoms with Gasteiger partial charge in [-0.3, -0.25) is 0 Å². The van der Waals surface area contributed by atoms with Crippen LogP contribution in [0.15, 0.2) is 51.7 Å². The molecular formula is C21H18O4S. The number of thioether (sulfide) groups is 1. The van der Waals surface area contributed by atoms with Gasteiger partial charge in [-0.25, -0.2) is 9.59 Å². The Balaban J connectivity index is 1.56. The van der Waals surface area contributed by atoms with E-state index in [1.165, 1.54) is 11.1 Å². The third kappa shape index (κ3) is 3.40. The maximum absolute atomic E-state index is 11.9. The van der Waals surface area contributed by atoms with Crippen molar-refractivity contribution in [3.63, 3.8) is 0 Å². The van der Waals surface area contributed by atoms with Crippen LogP contribution in [0.2, 0.25) is 0 Å². The zero-order chi connectivity index (χ0) is 18.1. The van der Waals surface area contributed by atoms with Crippen molar-refractivity contribution in [1.29, 1.82) is 0 Å². The van der Waals surface area contributed by atoms with E-state index >= 15 is 0 Å². The van der Waals surface area contributed by atoms with E-state index in [0.717, 1.165) is 35.8 Å². The molecule has 1 aliphatic rings. The Morgan fingerprint density at radius 2 is 1.88 bits per heavy atom. The van der Waals surface area contributed by atoms with Crippen molar-refractivity contribution in [3.8, 4) is 0 Å². The molecule has 3 aromatic rings. The summed E-state index contributed by atoms with van der Waals surface area (Å²) in [6, 6.07) is 12.7. The highest BCUT2D eigenvalue weighted by atomic mass is 32.2. The number of aryl methyl sites for hydroxylation is 2. The van der Waals surface area contributed by atoms with E-state index in [-0.39, 0.29) is 5.63 Å². The van der Waals surface area contributed by atoms with Crippen molar-refractivity contribution in [3.05, 3.63) is 80.7 Å². The molecule has 0 saturated heterocycles. The predicted octanol–water partition coefficient (Wildman–Crippen LogP) is 4.41. The molecule has 1 N–H and O–H groups in total. The van der Waals surface area contributed by atoms with Gasteiger partial charge in [0.15, 0.2) is 0 Å². The van der Waals surface area contributed by atoms with Crippen molar-refractivity contribution in [2.75, 3.05) is 0 Å². The Kier molecular flexibility index (Phi) is 4.55. The number of fused-ring (bicyclic) bond motifs is 2. The number of benzene rings is 2. The third-order valence-corrected chi connectivity index (χ3v) is 5.80. The lowest BCUT2D eigenvalue weighted by atomic mass is 10.0. The Bertz CT molecular complexity index is 1050. The molecule has 0 aliphatic heterocycles. The highest BCUT2D eigenvalue weighted by Gasteiger charge is 2.15. The minimum Gasteiger partial charge on any atom is -0.478 e. The van der Waals surface area contributed by atoms with Gasteiger partial charge >= 0.3 is 11.6 Å². The summed E-state index contributed by atoms with van der Waals surface area (Å²) >= 11 is 1.66. The largest absolute Gasteiger partial charge is 0.478 e. The molecule has 4 nitrogen and oxygen atoms in total. The summed E-state index contributed by atoms with van der Waals surface area (Å²) < 4.78 is 5.40. The molecule has 26 heavy (non-hydrogen) atoms. The molecule has 0 fully saturated rings. The second-order valence-corrected chi connectivity index (χ2v) is 7.55. The molecule has 0 atom stereocenters. The summed E-state index contributed by atoms with van der Waals surface area (Å²) in [4.78, 5) is 23.0. The predicted molar refractivity (Wildman–Crippen MR) is 103 cm³/mol. The lowest BCUT2D eigenvalue weighted by molar-refractivity contribution is 0.0697. The first-order valence-electron chi connectivity index (χ1n) is 8.59. The van der Waals surface area contributed by atoms with Crippen LogP contribution < -0.4 is 5.63 Å². The summed E-state index contributed by atoms with van der Waals surface area (Å²) in [5.74, 6) is 0.448. The minimum absolute atomic E-state index is 0.296. The first-order chi connectivity index (χ1) is 12.6. The molecule has 1 aliphatic carbocycles.